The van der Waals surface area contributed by atoms with Crippen molar-refractivity contribution in [1.82, 2.24) is 0 Å². The second kappa shape index (κ2) is 7.75. The van der Waals surface area contributed by atoms with Crippen LogP contribution in [0.15, 0.2) is 70.2 Å². The number of phenols is 3. The second-order valence-electron chi connectivity index (χ2n) is 6.77. The van der Waals surface area contributed by atoms with Crippen molar-refractivity contribution in [2.45, 2.75) is 6.92 Å². The number of hydrogen-bond acceptors (Lipinski definition) is 8. The van der Waals surface area contributed by atoms with Crippen LogP contribution in [0.1, 0.15) is 17.3 Å². The van der Waals surface area contributed by atoms with Gasteiger partial charge in [-0.1, -0.05) is 5.16 Å². The number of carbonyl (C=O) groups excluding carboxylic acids is 1. The van der Waals surface area contributed by atoms with Crippen LogP contribution < -0.4 is 10.1 Å². The van der Waals surface area contributed by atoms with Gasteiger partial charge in [0.25, 0.3) is 0 Å². The van der Waals surface area contributed by atoms with E-state index in [0.717, 1.165) is 6.07 Å². The predicted octanol–water partition coefficient (Wildman–Crippen LogP) is 4.50. The minimum absolute atomic E-state index is 0.0152. The maximum atomic E-state index is 11.5. The Morgan fingerprint density at radius 3 is 2.23 bits per heavy atom. The summed E-state index contributed by atoms with van der Waals surface area (Å²) in [6.07, 6.45) is 0. The molecule has 4 N–H and O–H groups in total. The molecule has 0 aliphatic rings. The van der Waals surface area contributed by atoms with E-state index in [1.165, 1.54) is 25.1 Å². The van der Waals surface area contributed by atoms with Crippen LogP contribution in [-0.2, 0) is 0 Å². The Hall–Kier alpha value is -4.46. The van der Waals surface area contributed by atoms with Gasteiger partial charge in [0.15, 0.2) is 17.1 Å². The first-order chi connectivity index (χ1) is 14.9. The van der Waals surface area contributed by atoms with Crippen LogP contribution in [0.2, 0.25) is 0 Å². The smallest absolute Gasteiger partial charge is 0.212 e. The molecule has 31 heavy (non-hydrogen) atoms. The first kappa shape index (κ1) is 19.8. The van der Waals surface area contributed by atoms with Gasteiger partial charge >= 0.3 is 0 Å². The number of aromatic hydroxyl groups is 3. The average molecular weight is 419 g/mol. The molecule has 156 valence electrons. The monoisotopic (exact) mass is 419 g/mol. The topological polar surface area (TPSA) is 133 Å². The minimum Gasteiger partial charge on any atom is -0.508 e. The Bertz CT molecular complexity index is 1350. The summed E-state index contributed by atoms with van der Waals surface area (Å²) < 4.78 is 11.7. The molecule has 1 aromatic heterocycles. The predicted molar refractivity (Wildman–Crippen MR) is 111 cm³/mol. The minimum atomic E-state index is -0.406. The number of rotatable bonds is 4. The lowest BCUT2D eigenvalue weighted by Gasteiger charge is -2.13. The molecule has 0 atom stereocenters. The third kappa shape index (κ3) is 3.74. The number of nitrogens with zero attached hydrogens (tertiary/aromatic N) is 1. The van der Waals surface area contributed by atoms with E-state index < -0.39 is 5.75 Å². The molecule has 0 saturated heterocycles. The van der Waals surface area contributed by atoms with Gasteiger partial charge in [0.2, 0.25) is 5.75 Å². The van der Waals surface area contributed by atoms with Crippen molar-refractivity contribution in [2.75, 3.05) is 0 Å². The van der Waals surface area contributed by atoms with Crippen LogP contribution in [0.3, 0.4) is 0 Å². The largest absolute Gasteiger partial charge is 0.508 e. The van der Waals surface area contributed by atoms with Crippen molar-refractivity contribution in [1.29, 1.82) is 0 Å². The molecule has 0 aliphatic carbocycles. The second-order valence-corrected chi connectivity index (χ2v) is 6.77. The summed E-state index contributed by atoms with van der Waals surface area (Å²) >= 11 is 0. The van der Waals surface area contributed by atoms with E-state index in [2.05, 4.69) is 5.16 Å². The number of benzene rings is 3. The normalized spacial score (nSPS) is 11.6. The van der Waals surface area contributed by atoms with Crippen LogP contribution in [0.5, 0.6) is 28.7 Å². The first-order valence-corrected chi connectivity index (χ1v) is 9.16. The molecule has 0 fully saturated rings. The molecule has 0 aliphatic heterocycles. The third-order valence-corrected chi connectivity index (χ3v) is 4.67. The number of fused-ring (bicyclic) bond motifs is 1. The lowest BCUT2D eigenvalue weighted by molar-refractivity contribution is 0.101. The maximum absolute atomic E-state index is 11.5. The van der Waals surface area contributed by atoms with Gasteiger partial charge in [-0.2, -0.15) is 0 Å². The fourth-order valence-electron chi connectivity index (χ4n) is 3.12. The van der Waals surface area contributed by atoms with Gasteiger partial charge in [0.05, 0.1) is 5.39 Å². The Morgan fingerprint density at radius 2 is 1.61 bits per heavy atom. The van der Waals surface area contributed by atoms with Gasteiger partial charge in [-0.25, -0.2) is 0 Å². The summed E-state index contributed by atoms with van der Waals surface area (Å²) in [5.74, 6) is -0.398. The lowest BCUT2D eigenvalue weighted by Crippen LogP contribution is -2.04. The van der Waals surface area contributed by atoms with Gasteiger partial charge in [0.1, 0.15) is 28.4 Å². The molecule has 4 aromatic rings. The van der Waals surface area contributed by atoms with E-state index in [1.54, 1.807) is 36.4 Å². The van der Waals surface area contributed by atoms with Crippen LogP contribution >= 0.6 is 0 Å². The van der Waals surface area contributed by atoms with Crippen molar-refractivity contribution in [3.8, 4) is 40.1 Å². The summed E-state index contributed by atoms with van der Waals surface area (Å²) in [6, 6.07) is 14.8. The molecule has 8 nitrogen and oxygen atoms in total. The van der Waals surface area contributed by atoms with Crippen molar-refractivity contribution in [3.05, 3.63) is 71.6 Å². The van der Waals surface area contributed by atoms with Gasteiger partial charge in [-0.15, -0.1) is 0 Å². The van der Waals surface area contributed by atoms with Crippen molar-refractivity contribution in [2.24, 2.45) is 5.16 Å². The Kier molecular flexibility index (Phi) is 4.96. The lowest BCUT2D eigenvalue weighted by atomic mass is 10.1. The molecule has 8 heteroatoms. The van der Waals surface area contributed by atoms with E-state index >= 15 is 0 Å². The fraction of sp³-hybridized carbons (Fsp3) is 0.0435. The molecular formula is C23H17NO7. The Morgan fingerprint density at radius 1 is 0.935 bits per heavy atom. The summed E-state index contributed by atoms with van der Waals surface area (Å²) in [5.41, 5.74) is 0.975. The SMILES string of the molecule is CC(=O)c1ccc(Oc2c(O)cc(O)c3c(=NO)cc(-c4ccc(O)cc4)oc23)cc1. The van der Waals surface area contributed by atoms with Gasteiger partial charge in [0, 0.05) is 23.3 Å². The van der Waals surface area contributed by atoms with Crippen LogP contribution in [-0.4, -0.2) is 26.3 Å². The molecular weight excluding hydrogens is 402 g/mol. The highest BCUT2D eigenvalue weighted by Gasteiger charge is 2.20. The molecule has 0 unspecified atom stereocenters. The molecule has 0 radical (unpaired) electrons. The zero-order chi connectivity index (χ0) is 22.1. The van der Waals surface area contributed by atoms with Crippen molar-refractivity contribution >= 4 is 16.8 Å². The number of carbonyl (C=O) groups is 1. The van der Waals surface area contributed by atoms with Crippen LogP contribution in [0, 0.1) is 0 Å². The van der Waals surface area contributed by atoms with Gasteiger partial charge < -0.3 is 29.7 Å². The Balaban J connectivity index is 1.92. The van der Waals surface area contributed by atoms with Crippen molar-refractivity contribution in [3.63, 3.8) is 0 Å². The molecule has 0 spiro atoms. The summed E-state index contributed by atoms with van der Waals surface area (Å²) in [4.78, 5) is 11.5. The van der Waals surface area contributed by atoms with E-state index in [1.807, 2.05) is 0 Å². The Labute approximate surface area is 175 Å². The van der Waals surface area contributed by atoms with E-state index in [-0.39, 0.29) is 45.1 Å². The highest BCUT2D eigenvalue weighted by atomic mass is 16.5. The highest BCUT2D eigenvalue weighted by Crippen LogP contribution is 2.42. The number of ether oxygens (including phenoxy) is 1. The quantitative estimate of drug-likeness (QED) is 0.217. The molecule has 4 rings (SSSR count). The molecule has 0 bridgehead atoms. The zero-order valence-corrected chi connectivity index (χ0v) is 16.2. The van der Waals surface area contributed by atoms with Crippen LogP contribution in [0.25, 0.3) is 22.3 Å². The van der Waals surface area contributed by atoms with Crippen molar-refractivity contribution < 1.29 is 34.5 Å². The summed E-state index contributed by atoms with van der Waals surface area (Å²) in [6.45, 7) is 1.44. The van der Waals surface area contributed by atoms with Crippen LogP contribution in [0.4, 0.5) is 0 Å². The standard InChI is InChI=1S/C23H17NO7/c1-12(25)13-4-8-16(9-5-13)30-22-19(28)11-18(27)21-17(24-29)10-20(31-23(21)22)14-2-6-15(26)7-3-14/h2-11,26-29H,1H3. The highest BCUT2D eigenvalue weighted by molar-refractivity contribution is 5.94. The molecule has 0 amide bonds. The van der Waals surface area contributed by atoms with E-state index in [4.69, 9.17) is 9.15 Å². The first-order valence-electron chi connectivity index (χ1n) is 9.16. The van der Waals surface area contributed by atoms with E-state index in [9.17, 15) is 25.3 Å². The fourth-order valence-corrected chi connectivity index (χ4v) is 3.12. The number of ketones is 1. The molecule has 1 heterocycles. The average Bonchev–Trinajstić information content (AvgIpc) is 2.76. The van der Waals surface area contributed by atoms with E-state index in [0.29, 0.717) is 16.9 Å². The number of Topliss-reactive ketones (excluding diaryl/α,β-unsaturated/α-hetero) is 1. The van der Waals surface area contributed by atoms with Gasteiger partial charge in [-0.3, -0.25) is 4.79 Å². The number of phenolic OH excluding ortho intramolecular Hbond substituents is 3. The molecule has 0 saturated carbocycles. The zero-order valence-electron chi connectivity index (χ0n) is 16.2. The summed E-state index contributed by atoms with van der Waals surface area (Å²) in [5, 5.41) is 43.0. The third-order valence-electron chi connectivity index (χ3n) is 4.67. The maximum Gasteiger partial charge on any atom is 0.212 e. The number of hydrogen-bond donors (Lipinski definition) is 4. The van der Waals surface area contributed by atoms with Gasteiger partial charge in [-0.05, 0) is 55.5 Å². The molecule has 3 aromatic carbocycles. The summed E-state index contributed by atoms with van der Waals surface area (Å²) in [7, 11) is 0.